The number of carbonyl (C=O) groups excluding carboxylic acids is 1. The number of amides is 1. The molecular weight excluding hydrogens is 487 g/mol. The van der Waals surface area contributed by atoms with Gasteiger partial charge in [-0.25, -0.2) is 8.42 Å². The number of methoxy groups -OCH3 is 2. The lowest BCUT2D eigenvalue weighted by atomic mass is 10.1. The number of halogens is 2. The summed E-state index contributed by atoms with van der Waals surface area (Å²) in [7, 11) is -0.643. The SMILES string of the molecule is COc1cc(NC(=O)c2ccc(N(Cc3ccc(Cl)cc3)S(C)(=O)=O)cc2)c(OC)cc1Cl. The summed E-state index contributed by atoms with van der Waals surface area (Å²) in [5.74, 6) is 0.346. The lowest BCUT2D eigenvalue weighted by molar-refractivity contribution is 0.102. The van der Waals surface area contributed by atoms with Crippen LogP contribution in [0, 0.1) is 0 Å². The first-order chi connectivity index (χ1) is 15.6. The Morgan fingerprint density at radius 3 is 2.09 bits per heavy atom. The first kappa shape index (κ1) is 24.7. The van der Waals surface area contributed by atoms with Crippen LogP contribution in [-0.4, -0.2) is 34.8 Å². The van der Waals surface area contributed by atoms with E-state index in [1.54, 1.807) is 60.7 Å². The van der Waals surface area contributed by atoms with Crippen LogP contribution in [0.2, 0.25) is 10.0 Å². The van der Waals surface area contributed by atoms with E-state index < -0.39 is 15.9 Å². The topological polar surface area (TPSA) is 84.9 Å². The summed E-state index contributed by atoms with van der Waals surface area (Å²) in [6, 6.07) is 16.3. The molecule has 0 aromatic heterocycles. The molecule has 0 atom stereocenters. The lowest BCUT2D eigenvalue weighted by Gasteiger charge is -2.23. The van der Waals surface area contributed by atoms with Gasteiger partial charge in [-0.05, 0) is 42.0 Å². The number of nitrogens with zero attached hydrogens (tertiary/aromatic N) is 1. The molecule has 1 N–H and O–H groups in total. The number of benzene rings is 3. The fourth-order valence-electron chi connectivity index (χ4n) is 3.09. The summed E-state index contributed by atoms with van der Waals surface area (Å²) in [6.45, 7) is 0.128. The summed E-state index contributed by atoms with van der Waals surface area (Å²) in [5.41, 5.74) is 1.91. The molecule has 10 heteroatoms. The van der Waals surface area contributed by atoms with E-state index in [4.69, 9.17) is 32.7 Å². The predicted molar refractivity (Wildman–Crippen MR) is 131 cm³/mol. The molecule has 33 heavy (non-hydrogen) atoms. The van der Waals surface area contributed by atoms with Crippen molar-refractivity contribution in [3.8, 4) is 11.5 Å². The molecule has 1 amide bonds. The maximum atomic E-state index is 12.8. The van der Waals surface area contributed by atoms with Crippen LogP contribution in [-0.2, 0) is 16.6 Å². The quantitative estimate of drug-likeness (QED) is 0.450. The van der Waals surface area contributed by atoms with Crippen molar-refractivity contribution in [2.24, 2.45) is 0 Å². The second-order valence-corrected chi connectivity index (χ2v) is 9.83. The van der Waals surface area contributed by atoms with Crippen LogP contribution in [0.15, 0.2) is 60.7 Å². The molecule has 3 aromatic carbocycles. The van der Waals surface area contributed by atoms with E-state index in [1.807, 2.05) is 0 Å². The van der Waals surface area contributed by atoms with E-state index in [1.165, 1.54) is 18.5 Å². The molecule has 0 aliphatic carbocycles. The Hall–Kier alpha value is -2.94. The number of hydrogen-bond donors (Lipinski definition) is 1. The van der Waals surface area contributed by atoms with Gasteiger partial charge in [-0.3, -0.25) is 9.10 Å². The van der Waals surface area contributed by atoms with Crippen LogP contribution in [0.4, 0.5) is 11.4 Å². The van der Waals surface area contributed by atoms with Crippen molar-refractivity contribution in [3.05, 3.63) is 81.8 Å². The minimum atomic E-state index is -3.57. The summed E-state index contributed by atoms with van der Waals surface area (Å²) >= 11 is 12.0. The number of carbonyl (C=O) groups is 1. The number of nitrogens with one attached hydrogen (secondary N) is 1. The Kier molecular flexibility index (Phi) is 7.73. The number of ether oxygens (including phenoxy) is 2. The molecule has 0 aliphatic rings. The van der Waals surface area contributed by atoms with Crippen LogP contribution < -0.4 is 19.1 Å². The standard InChI is InChI=1S/C23H22Cl2N2O5S/c1-31-21-13-20(22(32-2)12-19(21)25)26-23(28)16-6-10-18(11-7-16)27(33(3,29)30)14-15-4-8-17(24)9-5-15/h4-13H,14H2,1-3H3,(H,26,28). The third-order valence-electron chi connectivity index (χ3n) is 4.78. The van der Waals surface area contributed by atoms with E-state index in [9.17, 15) is 13.2 Å². The Bertz CT molecular complexity index is 1250. The average Bonchev–Trinajstić information content (AvgIpc) is 2.78. The first-order valence-electron chi connectivity index (χ1n) is 9.67. The van der Waals surface area contributed by atoms with E-state index >= 15 is 0 Å². The van der Waals surface area contributed by atoms with Crippen LogP contribution in [0.1, 0.15) is 15.9 Å². The number of sulfonamides is 1. The minimum Gasteiger partial charge on any atom is -0.495 e. The van der Waals surface area contributed by atoms with Gasteiger partial charge in [0.15, 0.2) is 0 Å². The van der Waals surface area contributed by atoms with Gasteiger partial charge < -0.3 is 14.8 Å². The highest BCUT2D eigenvalue weighted by Gasteiger charge is 2.19. The van der Waals surface area contributed by atoms with Gasteiger partial charge in [0.2, 0.25) is 10.0 Å². The lowest BCUT2D eigenvalue weighted by Crippen LogP contribution is -2.29. The van der Waals surface area contributed by atoms with E-state index in [0.717, 1.165) is 11.8 Å². The van der Waals surface area contributed by atoms with Gasteiger partial charge in [0, 0.05) is 22.7 Å². The van der Waals surface area contributed by atoms with E-state index in [2.05, 4.69) is 5.32 Å². The van der Waals surface area contributed by atoms with Gasteiger partial charge in [0.05, 0.1) is 43.4 Å². The van der Waals surface area contributed by atoms with Gasteiger partial charge in [0.1, 0.15) is 11.5 Å². The minimum absolute atomic E-state index is 0.128. The Balaban J connectivity index is 1.83. The third-order valence-corrected chi connectivity index (χ3v) is 6.47. The second-order valence-electron chi connectivity index (χ2n) is 7.08. The fourth-order valence-corrected chi connectivity index (χ4v) is 4.33. The molecule has 3 aromatic rings. The number of anilines is 2. The van der Waals surface area contributed by atoms with Gasteiger partial charge in [-0.1, -0.05) is 35.3 Å². The third kappa shape index (κ3) is 6.10. The van der Waals surface area contributed by atoms with Crippen molar-refractivity contribution in [1.82, 2.24) is 0 Å². The molecule has 0 radical (unpaired) electrons. The molecule has 0 spiro atoms. The summed E-state index contributed by atoms with van der Waals surface area (Å²) in [6.07, 6.45) is 1.13. The number of hydrogen-bond acceptors (Lipinski definition) is 5. The number of rotatable bonds is 8. The molecule has 0 fully saturated rings. The molecule has 0 bridgehead atoms. The largest absolute Gasteiger partial charge is 0.495 e. The normalized spacial score (nSPS) is 11.1. The zero-order valence-corrected chi connectivity index (χ0v) is 20.5. The zero-order chi connectivity index (χ0) is 24.2. The van der Waals surface area contributed by atoms with Crippen LogP contribution >= 0.6 is 23.2 Å². The summed E-state index contributed by atoms with van der Waals surface area (Å²) in [5, 5.41) is 3.67. The van der Waals surface area contributed by atoms with Crippen molar-refractivity contribution in [2.45, 2.75) is 6.54 Å². The molecule has 0 unspecified atom stereocenters. The monoisotopic (exact) mass is 508 g/mol. The molecule has 3 rings (SSSR count). The van der Waals surface area contributed by atoms with Gasteiger partial charge in [-0.15, -0.1) is 0 Å². The second kappa shape index (κ2) is 10.3. The van der Waals surface area contributed by atoms with E-state index in [0.29, 0.717) is 38.5 Å². The Labute approximate surface area is 202 Å². The highest BCUT2D eigenvalue weighted by molar-refractivity contribution is 7.92. The van der Waals surface area contributed by atoms with Gasteiger partial charge >= 0.3 is 0 Å². The van der Waals surface area contributed by atoms with Crippen LogP contribution in [0.25, 0.3) is 0 Å². The molecule has 0 heterocycles. The maximum absolute atomic E-state index is 12.8. The predicted octanol–water partition coefficient (Wildman–Crippen LogP) is 5.23. The fraction of sp³-hybridized carbons (Fsp3) is 0.174. The summed E-state index contributed by atoms with van der Waals surface area (Å²) in [4.78, 5) is 12.8. The van der Waals surface area contributed by atoms with Crippen LogP contribution in [0.5, 0.6) is 11.5 Å². The first-order valence-corrected chi connectivity index (χ1v) is 12.3. The molecule has 0 saturated carbocycles. The molecular formula is C23H22Cl2N2O5S. The van der Waals surface area contributed by atoms with Gasteiger partial charge in [0.25, 0.3) is 5.91 Å². The highest BCUT2D eigenvalue weighted by atomic mass is 35.5. The zero-order valence-electron chi connectivity index (χ0n) is 18.1. The van der Waals surface area contributed by atoms with Crippen LogP contribution in [0.3, 0.4) is 0 Å². The smallest absolute Gasteiger partial charge is 0.255 e. The molecule has 7 nitrogen and oxygen atoms in total. The van der Waals surface area contributed by atoms with Crippen molar-refractivity contribution in [2.75, 3.05) is 30.1 Å². The van der Waals surface area contributed by atoms with Crippen molar-refractivity contribution < 1.29 is 22.7 Å². The summed E-state index contributed by atoms with van der Waals surface area (Å²) < 4.78 is 36.5. The van der Waals surface area contributed by atoms with Gasteiger partial charge in [-0.2, -0.15) is 0 Å². The average molecular weight is 509 g/mol. The highest BCUT2D eigenvalue weighted by Crippen LogP contribution is 2.36. The Morgan fingerprint density at radius 1 is 0.939 bits per heavy atom. The Morgan fingerprint density at radius 2 is 1.55 bits per heavy atom. The van der Waals surface area contributed by atoms with Crippen molar-refractivity contribution in [3.63, 3.8) is 0 Å². The maximum Gasteiger partial charge on any atom is 0.255 e. The van der Waals surface area contributed by atoms with Crippen molar-refractivity contribution in [1.29, 1.82) is 0 Å². The van der Waals surface area contributed by atoms with E-state index in [-0.39, 0.29) is 6.54 Å². The molecule has 0 aliphatic heterocycles. The molecule has 174 valence electrons. The van der Waals surface area contributed by atoms with Crippen molar-refractivity contribution >= 4 is 50.5 Å². The molecule has 0 saturated heterocycles.